The molecule has 1 amide bonds. The van der Waals surface area contributed by atoms with Crippen molar-refractivity contribution in [2.24, 2.45) is 7.05 Å². The van der Waals surface area contributed by atoms with Crippen LogP contribution in [0.15, 0.2) is 18.3 Å². The van der Waals surface area contributed by atoms with Crippen LogP contribution in [-0.4, -0.2) is 44.0 Å². The number of carbonyl (C=O) groups excluding carboxylic acids is 1. The highest BCUT2D eigenvalue weighted by atomic mass is 16.1. The molecule has 118 valence electrons. The highest BCUT2D eigenvalue weighted by Crippen LogP contribution is 2.24. The van der Waals surface area contributed by atoms with Crippen molar-refractivity contribution < 1.29 is 4.79 Å². The molecule has 0 aromatic carbocycles. The summed E-state index contributed by atoms with van der Waals surface area (Å²) >= 11 is 0. The lowest BCUT2D eigenvalue weighted by molar-refractivity contribution is -0.121. The van der Waals surface area contributed by atoms with Gasteiger partial charge in [-0.1, -0.05) is 0 Å². The summed E-state index contributed by atoms with van der Waals surface area (Å²) in [5.41, 5.74) is 3.37. The number of nitrogens with one attached hydrogen (secondary N) is 1. The second kappa shape index (κ2) is 5.92. The van der Waals surface area contributed by atoms with Crippen molar-refractivity contribution in [2.75, 3.05) is 13.6 Å². The smallest absolute Gasteiger partial charge is 0.221 e. The summed E-state index contributed by atoms with van der Waals surface area (Å²) in [5.74, 6) is 0.0460. The van der Waals surface area contributed by atoms with Gasteiger partial charge in [0.1, 0.15) is 0 Å². The number of rotatable bonds is 4. The molecule has 3 rings (SSSR count). The number of aryl methyl sites for hydroxylation is 2. The Hall–Kier alpha value is -2.15. The van der Waals surface area contributed by atoms with Gasteiger partial charge in [-0.15, -0.1) is 0 Å². The maximum atomic E-state index is 11.7. The van der Waals surface area contributed by atoms with Crippen LogP contribution in [-0.2, 0) is 24.9 Å². The van der Waals surface area contributed by atoms with Gasteiger partial charge in [-0.25, -0.2) is 0 Å². The SMILES string of the molecule is CNC(=O)C[C@H]1CN(Cc2cc(C)nn2C)Cc2ccnn21. The minimum Gasteiger partial charge on any atom is -0.359 e. The largest absolute Gasteiger partial charge is 0.359 e. The Morgan fingerprint density at radius 3 is 3.00 bits per heavy atom. The van der Waals surface area contributed by atoms with Gasteiger partial charge in [0.2, 0.25) is 5.91 Å². The lowest BCUT2D eigenvalue weighted by Crippen LogP contribution is -2.39. The average molecular weight is 302 g/mol. The second-order valence-corrected chi connectivity index (χ2v) is 5.87. The van der Waals surface area contributed by atoms with Gasteiger partial charge in [-0.3, -0.25) is 19.1 Å². The van der Waals surface area contributed by atoms with E-state index < -0.39 is 0 Å². The van der Waals surface area contributed by atoms with E-state index in [9.17, 15) is 4.79 Å². The molecule has 0 aliphatic carbocycles. The summed E-state index contributed by atoms with van der Waals surface area (Å²) in [6, 6.07) is 4.21. The summed E-state index contributed by atoms with van der Waals surface area (Å²) in [7, 11) is 3.64. The third-order valence-corrected chi connectivity index (χ3v) is 4.14. The number of amides is 1. The van der Waals surface area contributed by atoms with Crippen LogP contribution in [0.3, 0.4) is 0 Å². The van der Waals surface area contributed by atoms with Gasteiger partial charge in [0.15, 0.2) is 0 Å². The lowest BCUT2D eigenvalue weighted by Gasteiger charge is -2.33. The van der Waals surface area contributed by atoms with E-state index >= 15 is 0 Å². The first-order valence-corrected chi connectivity index (χ1v) is 7.51. The zero-order valence-corrected chi connectivity index (χ0v) is 13.3. The van der Waals surface area contributed by atoms with E-state index in [1.807, 2.05) is 35.6 Å². The second-order valence-electron chi connectivity index (χ2n) is 5.87. The summed E-state index contributed by atoms with van der Waals surface area (Å²) in [5, 5.41) is 11.5. The van der Waals surface area contributed by atoms with Crippen LogP contribution >= 0.6 is 0 Å². The monoisotopic (exact) mass is 302 g/mol. The van der Waals surface area contributed by atoms with Gasteiger partial charge < -0.3 is 5.32 Å². The Kier molecular flexibility index (Phi) is 3.98. The number of nitrogens with zero attached hydrogens (tertiary/aromatic N) is 5. The molecule has 3 heterocycles. The fraction of sp³-hybridized carbons (Fsp3) is 0.533. The highest BCUT2D eigenvalue weighted by molar-refractivity contribution is 5.76. The molecule has 0 bridgehead atoms. The Labute approximate surface area is 129 Å². The van der Waals surface area contributed by atoms with E-state index in [2.05, 4.69) is 26.5 Å². The van der Waals surface area contributed by atoms with Crippen molar-refractivity contribution in [3.8, 4) is 0 Å². The number of aromatic nitrogens is 4. The van der Waals surface area contributed by atoms with Crippen LogP contribution < -0.4 is 5.32 Å². The molecule has 1 atom stereocenters. The molecule has 1 aliphatic heterocycles. The van der Waals surface area contributed by atoms with Crippen LogP contribution in [0, 0.1) is 6.92 Å². The van der Waals surface area contributed by atoms with Crippen molar-refractivity contribution in [1.82, 2.24) is 29.8 Å². The Balaban J connectivity index is 1.77. The molecule has 1 aliphatic rings. The summed E-state index contributed by atoms with van der Waals surface area (Å²) < 4.78 is 3.91. The molecule has 0 fully saturated rings. The van der Waals surface area contributed by atoms with Crippen LogP contribution in [0.4, 0.5) is 0 Å². The van der Waals surface area contributed by atoms with E-state index in [1.54, 1.807) is 7.05 Å². The molecular formula is C15H22N6O. The predicted molar refractivity (Wildman–Crippen MR) is 82.0 cm³/mol. The lowest BCUT2D eigenvalue weighted by atomic mass is 10.1. The fourth-order valence-electron chi connectivity index (χ4n) is 3.09. The summed E-state index contributed by atoms with van der Waals surface area (Å²) in [6.45, 7) is 4.48. The van der Waals surface area contributed by atoms with Crippen LogP contribution in [0.2, 0.25) is 0 Å². The first-order valence-electron chi connectivity index (χ1n) is 7.51. The zero-order chi connectivity index (χ0) is 15.7. The number of hydrogen-bond acceptors (Lipinski definition) is 4. The summed E-state index contributed by atoms with van der Waals surface area (Å²) in [4.78, 5) is 14.1. The number of fused-ring (bicyclic) bond motifs is 1. The topological polar surface area (TPSA) is 68.0 Å². The summed E-state index contributed by atoms with van der Waals surface area (Å²) in [6.07, 6.45) is 2.26. The molecular weight excluding hydrogens is 280 g/mol. The number of hydrogen-bond donors (Lipinski definition) is 1. The average Bonchev–Trinajstić information content (AvgIpc) is 3.05. The Morgan fingerprint density at radius 2 is 2.32 bits per heavy atom. The van der Waals surface area contributed by atoms with Gasteiger partial charge in [-0.2, -0.15) is 10.2 Å². The van der Waals surface area contributed by atoms with Gasteiger partial charge in [0.05, 0.1) is 29.5 Å². The molecule has 1 N–H and O–H groups in total. The van der Waals surface area contributed by atoms with Crippen molar-refractivity contribution in [3.05, 3.63) is 35.4 Å². The molecule has 0 radical (unpaired) electrons. The molecule has 7 heteroatoms. The van der Waals surface area contributed by atoms with Gasteiger partial charge in [-0.05, 0) is 19.1 Å². The Bertz CT molecular complexity index is 673. The third-order valence-electron chi connectivity index (χ3n) is 4.14. The molecule has 0 saturated carbocycles. The molecule has 0 unspecified atom stereocenters. The van der Waals surface area contributed by atoms with E-state index in [0.717, 1.165) is 31.0 Å². The molecule has 2 aromatic heterocycles. The quantitative estimate of drug-likeness (QED) is 0.899. The van der Waals surface area contributed by atoms with E-state index in [0.29, 0.717) is 6.42 Å². The molecule has 0 spiro atoms. The van der Waals surface area contributed by atoms with Crippen molar-refractivity contribution in [3.63, 3.8) is 0 Å². The van der Waals surface area contributed by atoms with Crippen LogP contribution in [0.1, 0.15) is 29.5 Å². The number of carbonyl (C=O) groups is 1. The maximum absolute atomic E-state index is 11.7. The zero-order valence-electron chi connectivity index (χ0n) is 13.3. The van der Waals surface area contributed by atoms with Crippen molar-refractivity contribution in [2.45, 2.75) is 32.5 Å². The standard InChI is InChI=1S/C15H22N6O/c1-11-6-13(19(3)18-11)9-20-8-12-4-5-17-21(12)14(10-20)7-15(22)16-2/h4-6,14H,7-10H2,1-3H3,(H,16,22)/t14-/m0/s1. The molecule has 0 saturated heterocycles. The first kappa shape index (κ1) is 14.8. The highest BCUT2D eigenvalue weighted by Gasteiger charge is 2.27. The molecule has 2 aromatic rings. The predicted octanol–water partition coefficient (Wildman–Crippen LogP) is 0.618. The fourth-order valence-corrected chi connectivity index (χ4v) is 3.09. The van der Waals surface area contributed by atoms with Crippen molar-refractivity contribution in [1.29, 1.82) is 0 Å². The normalized spacial score (nSPS) is 18.2. The van der Waals surface area contributed by atoms with E-state index in [1.165, 1.54) is 5.69 Å². The minimum atomic E-state index is 0.0460. The third kappa shape index (κ3) is 2.89. The Morgan fingerprint density at radius 1 is 1.50 bits per heavy atom. The maximum Gasteiger partial charge on any atom is 0.221 e. The van der Waals surface area contributed by atoms with E-state index in [-0.39, 0.29) is 11.9 Å². The molecule has 22 heavy (non-hydrogen) atoms. The first-order chi connectivity index (χ1) is 10.6. The van der Waals surface area contributed by atoms with Crippen LogP contribution in [0.5, 0.6) is 0 Å². The van der Waals surface area contributed by atoms with Gasteiger partial charge >= 0.3 is 0 Å². The van der Waals surface area contributed by atoms with E-state index in [4.69, 9.17) is 0 Å². The molecule has 7 nitrogen and oxygen atoms in total. The van der Waals surface area contributed by atoms with Crippen molar-refractivity contribution >= 4 is 5.91 Å². The van der Waals surface area contributed by atoms with Gasteiger partial charge in [0.25, 0.3) is 0 Å². The minimum absolute atomic E-state index is 0.0460. The van der Waals surface area contributed by atoms with Gasteiger partial charge in [0, 0.05) is 39.9 Å². The van der Waals surface area contributed by atoms with Crippen LogP contribution in [0.25, 0.3) is 0 Å².